The monoisotopic (exact) mass is 381 g/mol. The number of nitrogens with zero attached hydrogens (tertiary/aromatic N) is 3. The third-order valence-corrected chi connectivity index (χ3v) is 6.43. The van der Waals surface area contributed by atoms with Gasteiger partial charge in [-0.2, -0.15) is 4.31 Å². The molecule has 1 aliphatic rings. The Bertz CT molecular complexity index is 943. The van der Waals surface area contributed by atoms with E-state index in [-0.39, 0.29) is 23.9 Å². The number of ether oxygens (including phenoxy) is 2. The van der Waals surface area contributed by atoms with Crippen LogP contribution in [0.2, 0.25) is 0 Å². The second kappa shape index (κ2) is 6.61. The van der Waals surface area contributed by atoms with E-state index in [0.29, 0.717) is 29.1 Å². The van der Waals surface area contributed by atoms with E-state index in [9.17, 15) is 13.2 Å². The number of hydrogen-bond acceptors (Lipinski definition) is 6. The summed E-state index contributed by atoms with van der Waals surface area (Å²) in [7, 11) is -2.25. The van der Waals surface area contributed by atoms with Crippen LogP contribution in [0.4, 0.5) is 4.79 Å². The topological polar surface area (TPSA) is 111 Å². The van der Waals surface area contributed by atoms with E-state index in [4.69, 9.17) is 9.84 Å². The van der Waals surface area contributed by atoms with Gasteiger partial charge in [0.25, 0.3) is 0 Å². The van der Waals surface area contributed by atoms with Gasteiger partial charge in [0.05, 0.1) is 30.6 Å². The summed E-state index contributed by atoms with van der Waals surface area (Å²) in [6.07, 6.45) is -0.0464. The standard InChI is InChI=1S/C16H19N3O6S/c1-10-6-12(24-3)7-11(2)14(10)26(22,23)19-5-4-18-9-17-15(13(18)8-19)25-16(20)21/h6-7,9H,4-5,8H2,1-3H3,(H,20,21). The Morgan fingerprint density at radius 1 is 1.23 bits per heavy atom. The van der Waals surface area contributed by atoms with Crippen LogP contribution < -0.4 is 9.47 Å². The van der Waals surface area contributed by atoms with Crippen LogP contribution in [-0.2, 0) is 23.1 Å². The Labute approximate surface area is 150 Å². The van der Waals surface area contributed by atoms with Gasteiger partial charge in [-0.15, -0.1) is 0 Å². The fraction of sp³-hybridized carbons (Fsp3) is 0.375. The molecule has 0 aliphatic carbocycles. The maximum Gasteiger partial charge on any atom is 0.512 e. The zero-order chi connectivity index (χ0) is 19.1. The molecule has 3 rings (SSSR count). The van der Waals surface area contributed by atoms with Crippen LogP contribution in [0.3, 0.4) is 0 Å². The van der Waals surface area contributed by atoms with Crippen molar-refractivity contribution in [2.24, 2.45) is 0 Å². The van der Waals surface area contributed by atoms with E-state index in [1.807, 2.05) is 0 Å². The molecule has 0 spiro atoms. The molecule has 10 heteroatoms. The number of carboxylic acid groups (broad SMARTS) is 1. The summed E-state index contributed by atoms with van der Waals surface area (Å²) in [4.78, 5) is 14.9. The minimum Gasteiger partial charge on any atom is -0.497 e. The van der Waals surface area contributed by atoms with Crippen molar-refractivity contribution in [1.29, 1.82) is 0 Å². The highest BCUT2D eigenvalue weighted by molar-refractivity contribution is 7.89. The van der Waals surface area contributed by atoms with Crippen LogP contribution in [0.5, 0.6) is 11.6 Å². The molecule has 140 valence electrons. The van der Waals surface area contributed by atoms with Crippen molar-refractivity contribution >= 4 is 16.2 Å². The summed E-state index contributed by atoms with van der Waals surface area (Å²) >= 11 is 0. The Morgan fingerprint density at radius 2 is 1.88 bits per heavy atom. The van der Waals surface area contributed by atoms with Crippen molar-refractivity contribution in [3.8, 4) is 11.6 Å². The Morgan fingerprint density at radius 3 is 2.46 bits per heavy atom. The molecule has 1 N–H and O–H groups in total. The molecule has 0 saturated carbocycles. The summed E-state index contributed by atoms with van der Waals surface area (Å²) < 4.78 is 39.2. The van der Waals surface area contributed by atoms with Gasteiger partial charge in [0.1, 0.15) is 5.75 Å². The van der Waals surface area contributed by atoms with E-state index >= 15 is 0 Å². The quantitative estimate of drug-likeness (QED) is 0.804. The van der Waals surface area contributed by atoms with Crippen LogP contribution in [0.25, 0.3) is 0 Å². The van der Waals surface area contributed by atoms with Crippen LogP contribution in [-0.4, -0.2) is 47.2 Å². The van der Waals surface area contributed by atoms with E-state index in [1.165, 1.54) is 17.7 Å². The summed E-state index contributed by atoms with van der Waals surface area (Å²) in [5.74, 6) is 0.494. The summed E-state index contributed by atoms with van der Waals surface area (Å²) in [6.45, 7) is 4.03. The first-order chi connectivity index (χ1) is 12.2. The molecule has 26 heavy (non-hydrogen) atoms. The summed E-state index contributed by atoms with van der Waals surface area (Å²) in [5, 5.41) is 8.80. The van der Waals surface area contributed by atoms with Gasteiger partial charge in [0, 0.05) is 13.1 Å². The van der Waals surface area contributed by atoms with Gasteiger partial charge in [-0.1, -0.05) is 0 Å². The number of sulfonamides is 1. The maximum absolute atomic E-state index is 13.2. The first-order valence-corrected chi connectivity index (χ1v) is 9.28. The minimum atomic E-state index is -3.78. The highest BCUT2D eigenvalue weighted by Crippen LogP contribution is 2.31. The summed E-state index contributed by atoms with van der Waals surface area (Å²) in [6, 6.07) is 3.35. The number of imidazole rings is 1. The fourth-order valence-electron chi connectivity index (χ4n) is 3.14. The molecule has 0 fully saturated rings. The van der Waals surface area contributed by atoms with E-state index in [0.717, 1.165) is 0 Å². The van der Waals surface area contributed by atoms with E-state index in [1.54, 1.807) is 30.5 Å². The van der Waals surface area contributed by atoms with Gasteiger partial charge in [-0.05, 0) is 37.1 Å². The third-order valence-electron chi connectivity index (χ3n) is 4.28. The second-order valence-corrected chi connectivity index (χ2v) is 7.86. The zero-order valence-electron chi connectivity index (χ0n) is 14.6. The van der Waals surface area contributed by atoms with Crippen molar-refractivity contribution in [1.82, 2.24) is 13.9 Å². The molecule has 1 aliphatic heterocycles. The highest BCUT2D eigenvalue weighted by atomic mass is 32.2. The first-order valence-electron chi connectivity index (χ1n) is 7.84. The SMILES string of the molecule is COc1cc(C)c(S(=O)(=O)N2CCn3cnc(OC(=O)O)c3C2)c(C)c1. The largest absolute Gasteiger partial charge is 0.512 e. The van der Waals surface area contributed by atoms with Gasteiger partial charge in [0.2, 0.25) is 15.9 Å². The molecule has 1 aromatic carbocycles. The van der Waals surface area contributed by atoms with Crippen molar-refractivity contribution in [2.45, 2.75) is 31.8 Å². The highest BCUT2D eigenvalue weighted by Gasteiger charge is 2.33. The maximum atomic E-state index is 13.2. The molecule has 2 aromatic rings. The van der Waals surface area contributed by atoms with Crippen molar-refractivity contribution in [3.05, 3.63) is 35.3 Å². The average Bonchev–Trinajstić information content (AvgIpc) is 2.95. The molecule has 0 saturated heterocycles. The van der Waals surface area contributed by atoms with Crippen LogP contribution in [0.15, 0.2) is 23.4 Å². The van der Waals surface area contributed by atoms with Crippen molar-refractivity contribution < 1.29 is 27.8 Å². The predicted octanol–water partition coefficient (Wildman–Crippen LogP) is 1.77. The molecular formula is C16H19N3O6S. The lowest BCUT2D eigenvalue weighted by molar-refractivity contribution is 0.141. The molecule has 0 unspecified atom stereocenters. The lowest BCUT2D eigenvalue weighted by Crippen LogP contribution is -2.38. The van der Waals surface area contributed by atoms with Crippen LogP contribution in [0.1, 0.15) is 16.8 Å². The van der Waals surface area contributed by atoms with Crippen molar-refractivity contribution in [3.63, 3.8) is 0 Å². The minimum absolute atomic E-state index is 0.0180. The van der Waals surface area contributed by atoms with Gasteiger partial charge in [-0.25, -0.2) is 18.2 Å². The number of aromatic nitrogens is 2. The Balaban J connectivity index is 1.98. The Hall–Kier alpha value is -2.59. The molecule has 0 amide bonds. The molecule has 1 aromatic heterocycles. The molecule has 2 heterocycles. The second-order valence-electron chi connectivity index (χ2n) is 5.99. The van der Waals surface area contributed by atoms with E-state index < -0.39 is 16.2 Å². The molecule has 0 atom stereocenters. The van der Waals surface area contributed by atoms with Gasteiger partial charge in [-0.3, -0.25) is 0 Å². The lowest BCUT2D eigenvalue weighted by Gasteiger charge is -2.28. The zero-order valence-corrected chi connectivity index (χ0v) is 15.4. The normalized spacial score (nSPS) is 14.7. The van der Waals surface area contributed by atoms with Crippen molar-refractivity contribution in [2.75, 3.05) is 13.7 Å². The number of benzene rings is 1. The first kappa shape index (κ1) is 18.2. The lowest BCUT2D eigenvalue weighted by atomic mass is 10.1. The summed E-state index contributed by atoms with van der Waals surface area (Å²) in [5.41, 5.74) is 1.58. The molecule has 0 radical (unpaired) electrons. The van der Waals surface area contributed by atoms with Gasteiger partial charge >= 0.3 is 6.16 Å². The smallest absolute Gasteiger partial charge is 0.497 e. The number of hydrogen-bond donors (Lipinski definition) is 1. The molecular weight excluding hydrogens is 362 g/mol. The van der Waals surface area contributed by atoms with Gasteiger partial charge < -0.3 is 19.1 Å². The number of fused-ring (bicyclic) bond motifs is 1. The number of methoxy groups -OCH3 is 1. The number of carbonyl (C=O) groups is 1. The number of rotatable bonds is 4. The Kier molecular flexibility index (Phi) is 4.63. The van der Waals surface area contributed by atoms with Crippen LogP contribution >= 0.6 is 0 Å². The fourth-order valence-corrected chi connectivity index (χ4v) is 4.95. The third kappa shape index (κ3) is 3.13. The molecule has 0 bridgehead atoms. The van der Waals surface area contributed by atoms with E-state index in [2.05, 4.69) is 9.72 Å². The molecule has 9 nitrogen and oxygen atoms in total. The average molecular weight is 381 g/mol. The van der Waals surface area contributed by atoms with Gasteiger partial charge in [0.15, 0.2) is 0 Å². The number of aryl methyl sites for hydroxylation is 2. The van der Waals surface area contributed by atoms with Crippen LogP contribution in [0, 0.1) is 13.8 Å². The predicted molar refractivity (Wildman–Crippen MR) is 90.9 cm³/mol.